The minimum absolute atomic E-state index is 0.205. The van der Waals surface area contributed by atoms with Crippen molar-refractivity contribution in [3.63, 3.8) is 0 Å². The van der Waals surface area contributed by atoms with E-state index in [-0.39, 0.29) is 11.5 Å². The van der Waals surface area contributed by atoms with Crippen molar-refractivity contribution in [1.29, 1.82) is 0 Å². The molecule has 0 aromatic carbocycles. The summed E-state index contributed by atoms with van der Waals surface area (Å²) in [6.45, 7) is 11.4. The average molecular weight is 470 g/mol. The fourth-order valence-corrected chi connectivity index (χ4v) is 5.09. The number of aryl methyl sites for hydroxylation is 1. The Hall–Kier alpha value is -1.06. The zero-order chi connectivity index (χ0) is 22.8. The molecule has 1 aromatic heterocycles. The highest BCUT2D eigenvalue weighted by Crippen LogP contribution is 2.40. The van der Waals surface area contributed by atoms with Crippen LogP contribution in [0.3, 0.4) is 0 Å². The van der Waals surface area contributed by atoms with Crippen LogP contribution in [0.2, 0.25) is 0 Å². The van der Waals surface area contributed by atoms with Gasteiger partial charge < -0.3 is 24.9 Å². The van der Waals surface area contributed by atoms with Crippen LogP contribution in [0.1, 0.15) is 59.7 Å². The number of hydrogen-bond donors (Lipinski definition) is 3. The summed E-state index contributed by atoms with van der Waals surface area (Å²) < 4.78 is 10.0. The van der Waals surface area contributed by atoms with Crippen LogP contribution in [-0.2, 0) is 20.7 Å². The molecule has 0 spiro atoms. The topological polar surface area (TPSA) is 62.8 Å². The second-order valence-corrected chi connectivity index (χ2v) is 9.97. The van der Waals surface area contributed by atoms with Gasteiger partial charge >= 0.3 is 0 Å². The SMILES string of the molecule is C=C(NCCCc1cc(C(S)N(C)C2CC2)sc1C(C)C)OC.O=CC1CNCCO1. The highest BCUT2D eigenvalue weighted by atomic mass is 32.1. The number of thiophene rings is 1. The Kier molecular flexibility index (Phi) is 11.4. The van der Waals surface area contributed by atoms with Crippen molar-refractivity contribution in [2.24, 2.45) is 0 Å². The first kappa shape index (κ1) is 26.2. The van der Waals surface area contributed by atoms with Crippen LogP contribution >= 0.6 is 24.0 Å². The van der Waals surface area contributed by atoms with Crippen molar-refractivity contribution in [3.05, 3.63) is 33.8 Å². The Morgan fingerprint density at radius 1 is 1.52 bits per heavy atom. The average Bonchev–Trinajstić information content (AvgIpc) is 3.55. The molecule has 1 aliphatic heterocycles. The van der Waals surface area contributed by atoms with Crippen LogP contribution in [0.4, 0.5) is 0 Å². The lowest BCUT2D eigenvalue weighted by Gasteiger charge is -2.22. The van der Waals surface area contributed by atoms with Gasteiger partial charge in [-0.15, -0.1) is 11.3 Å². The van der Waals surface area contributed by atoms with Crippen molar-refractivity contribution < 1.29 is 14.3 Å². The van der Waals surface area contributed by atoms with Gasteiger partial charge in [0.15, 0.2) is 5.88 Å². The van der Waals surface area contributed by atoms with E-state index in [1.807, 2.05) is 11.3 Å². The molecule has 1 saturated carbocycles. The summed E-state index contributed by atoms with van der Waals surface area (Å²) in [6, 6.07) is 3.11. The van der Waals surface area contributed by atoms with Gasteiger partial charge in [0.25, 0.3) is 0 Å². The summed E-state index contributed by atoms with van der Waals surface area (Å²) in [5.74, 6) is 1.21. The van der Waals surface area contributed by atoms with Crippen molar-refractivity contribution in [1.82, 2.24) is 15.5 Å². The van der Waals surface area contributed by atoms with Gasteiger partial charge in [-0.1, -0.05) is 13.8 Å². The Labute approximate surface area is 197 Å². The number of carbonyl (C=O) groups excluding carboxylic acids is 1. The third-order valence-corrected chi connectivity index (χ3v) is 7.80. The molecule has 2 atom stereocenters. The number of ether oxygens (including phenoxy) is 2. The molecular weight excluding hydrogens is 430 g/mol. The monoisotopic (exact) mass is 469 g/mol. The molecule has 2 aliphatic rings. The number of rotatable bonds is 11. The lowest BCUT2D eigenvalue weighted by Crippen LogP contribution is -2.39. The number of nitrogens with one attached hydrogen (secondary N) is 2. The van der Waals surface area contributed by atoms with Gasteiger partial charge in [0, 0.05) is 35.4 Å². The van der Waals surface area contributed by atoms with Gasteiger partial charge in [0.1, 0.15) is 12.4 Å². The quantitative estimate of drug-likeness (QED) is 0.151. The molecule has 1 aromatic rings. The number of morpholine rings is 1. The van der Waals surface area contributed by atoms with Crippen LogP contribution in [0.15, 0.2) is 18.5 Å². The lowest BCUT2D eigenvalue weighted by molar-refractivity contribution is -0.119. The predicted molar refractivity (Wildman–Crippen MR) is 132 cm³/mol. The molecule has 31 heavy (non-hydrogen) atoms. The first-order chi connectivity index (χ1) is 14.9. The molecule has 2 heterocycles. The molecule has 1 aliphatic carbocycles. The zero-order valence-electron chi connectivity index (χ0n) is 19.4. The Morgan fingerprint density at radius 2 is 2.26 bits per heavy atom. The van der Waals surface area contributed by atoms with E-state index in [2.05, 4.69) is 49.1 Å². The van der Waals surface area contributed by atoms with Gasteiger partial charge in [0.05, 0.1) is 19.1 Å². The fraction of sp³-hybridized carbons (Fsp3) is 0.696. The van der Waals surface area contributed by atoms with Crippen molar-refractivity contribution in [2.75, 3.05) is 40.4 Å². The van der Waals surface area contributed by atoms with E-state index in [0.717, 1.165) is 38.3 Å². The van der Waals surface area contributed by atoms with Gasteiger partial charge in [-0.3, -0.25) is 4.90 Å². The molecule has 2 N–H and O–H groups in total. The second kappa shape index (κ2) is 13.5. The number of aldehydes is 1. The van der Waals surface area contributed by atoms with E-state index in [4.69, 9.17) is 22.1 Å². The lowest BCUT2D eigenvalue weighted by atomic mass is 10.0. The van der Waals surface area contributed by atoms with Crippen LogP contribution in [0, 0.1) is 0 Å². The molecule has 2 fully saturated rings. The zero-order valence-corrected chi connectivity index (χ0v) is 21.1. The van der Waals surface area contributed by atoms with Crippen LogP contribution in [-0.4, -0.2) is 63.7 Å². The maximum atomic E-state index is 9.99. The van der Waals surface area contributed by atoms with Crippen LogP contribution in [0.25, 0.3) is 0 Å². The van der Waals surface area contributed by atoms with Gasteiger partial charge in [-0.05, 0) is 56.9 Å². The van der Waals surface area contributed by atoms with Crippen molar-refractivity contribution in [2.45, 2.75) is 63.0 Å². The summed E-state index contributed by atoms with van der Waals surface area (Å²) in [7, 11) is 3.84. The van der Waals surface area contributed by atoms with Gasteiger partial charge in [-0.25, -0.2) is 0 Å². The first-order valence-corrected chi connectivity index (χ1v) is 12.5. The summed E-state index contributed by atoms with van der Waals surface area (Å²) in [5, 5.41) is 6.44. The van der Waals surface area contributed by atoms with Crippen molar-refractivity contribution >= 4 is 30.3 Å². The molecule has 6 nitrogen and oxygen atoms in total. The Balaban J connectivity index is 0.000000357. The largest absolute Gasteiger partial charge is 0.483 e. The molecule has 0 amide bonds. The molecule has 8 heteroatoms. The van der Waals surface area contributed by atoms with Crippen LogP contribution < -0.4 is 10.6 Å². The molecule has 1 saturated heterocycles. The standard InChI is InChI=1S/C18H30N2OS2.C5H9NO2/c1-12(2)17-14(7-6-10-19-13(3)21-5)11-16(23-17)18(22)20(4)15-8-9-15;7-4-5-3-6-1-2-8-5/h11-12,15,18-19,22H,3,6-10H2,1-2,4-5H3;4-6H,1-3H2. The fourth-order valence-electron chi connectivity index (χ4n) is 3.41. The number of carbonyl (C=O) groups is 1. The normalized spacial score (nSPS) is 19.5. The highest BCUT2D eigenvalue weighted by molar-refractivity contribution is 7.80. The van der Waals surface area contributed by atoms with E-state index in [0.29, 0.717) is 25.0 Å². The molecule has 3 rings (SSSR count). The highest BCUT2D eigenvalue weighted by Gasteiger charge is 2.31. The molecule has 176 valence electrons. The first-order valence-electron chi connectivity index (χ1n) is 11.1. The molecule has 2 unspecified atom stereocenters. The van der Waals surface area contributed by atoms with E-state index < -0.39 is 0 Å². The summed E-state index contributed by atoms with van der Waals surface area (Å²) in [5.41, 5.74) is 1.48. The summed E-state index contributed by atoms with van der Waals surface area (Å²) in [6.07, 6.45) is 5.42. The smallest absolute Gasteiger partial charge is 0.178 e. The van der Waals surface area contributed by atoms with Gasteiger partial charge in [0.2, 0.25) is 0 Å². The molecular formula is C23H39N3O3S2. The predicted octanol–water partition coefficient (Wildman–Crippen LogP) is 3.71. The third kappa shape index (κ3) is 8.77. The Bertz CT molecular complexity index is 686. The Morgan fingerprint density at radius 3 is 2.77 bits per heavy atom. The number of methoxy groups -OCH3 is 1. The van der Waals surface area contributed by atoms with E-state index in [9.17, 15) is 4.79 Å². The van der Waals surface area contributed by atoms with Crippen LogP contribution in [0.5, 0.6) is 0 Å². The van der Waals surface area contributed by atoms with E-state index in [1.54, 1.807) is 7.11 Å². The second-order valence-electron chi connectivity index (χ2n) is 8.37. The number of hydrogen-bond acceptors (Lipinski definition) is 8. The molecule has 0 radical (unpaired) electrons. The summed E-state index contributed by atoms with van der Waals surface area (Å²) in [4.78, 5) is 15.3. The number of nitrogens with zero attached hydrogens (tertiary/aromatic N) is 1. The van der Waals surface area contributed by atoms with Crippen molar-refractivity contribution in [3.8, 4) is 0 Å². The van der Waals surface area contributed by atoms with E-state index >= 15 is 0 Å². The van der Waals surface area contributed by atoms with E-state index in [1.165, 1.54) is 28.2 Å². The number of thiol groups is 1. The summed E-state index contributed by atoms with van der Waals surface area (Å²) >= 11 is 6.81. The van der Waals surface area contributed by atoms with Gasteiger partial charge in [-0.2, -0.15) is 12.6 Å². The maximum absolute atomic E-state index is 9.99. The minimum Gasteiger partial charge on any atom is -0.483 e. The molecule has 0 bridgehead atoms. The maximum Gasteiger partial charge on any atom is 0.178 e. The minimum atomic E-state index is -0.205. The third-order valence-electron chi connectivity index (χ3n) is 5.45.